The third-order valence-electron chi connectivity index (χ3n) is 6.01. The van der Waals surface area contributed by atoms with Crippen LogP contribution in [0.15, 0.2) is 36.4 Å². The van der Waals surface area contributed by atoms with Gasteiger partial charge in [0, 0.05) is 41.3 Å². The molecule has 1 atom stereocenters. The maximum atomic E-state index is 12.7. The molecule has 2 aliphatic rings. The molecule has 5 rings (SSSR count). The predicted molar refractivity (Wildman–Crippen MR) is 118 cm³/mol. The summed E-state index contributed by atoms with van der Waals surface area (Å²) >= 11 is 0. The lowest BCUT2D eigenvalue weighted by Crippen LogP contribution is -2.42. The molecule has 8 nitrogen and oxygen atoms in total. The van der Waals surface area contributed by atoms with Gasteiger partial charge < -0.3 is 20.5 Å². The van der Waals surface area contributed by atoms with Crippen molar-refractivity contribution in [2.75, 3.05) is 25.0 Å². The molecule has 2 aromatic heterocycles. The summed E-state index contributed by atoms with van der Waals surface area (Å²) < 4.78 is 37.6. The van der Waals surface area contributed by atoms with Gasteiger partial charge >= 0.3 is 12.1 Å². The van der Waals surface area contributed by atoms with Gasteiger partial charge in [-0.3, -0.25) is 4.79 Å². The highest BCUT2D eigenvalue weighted by Crippen LogP contribution is 2.32. The number of para-hydroxylation sites is 1. The molecule has 11 heteroatoms. The van der Waals surface area contributed by atoms with Crippen LogP contribution < -0.4 is 10.6 Å². The van der Waals surface area contributed by atoms with Crippen LogP contribution in [0.1, 0.15) is 28.9 Å². The number of halogens is 3. The molecule has 1 saturated heterocycles. The zero-order valence-corrected chi connectivity index (χ0v) is 18.0. The number of nitrogens with one attached hydrogen (secondary N) is 3. The molecule has 0 spiro atoms. The largest absolute Gasteiger partial charge is 0.493 e. The first-order valence-corrected chi connectivity index (χ1v) is 11.0. The Labute approximate surface area is 192 Å². The summed E-state index contributed by atoms with van der Waals surface area (Å²) in [4.78, 5) is 36.1. The first-order chi connectivity index (χ1) is 16.3. The van der Waals surface area contributed by atoms with Crippen molar-refractivity contribution < 1.29 is 27.6 Å². The van der Waals surface area contributed by atoms with Gasteiger partial charge in [0.05, 0.1) is 17.6 Å². The number of nitrogens with zero attached hydrogens (tertiary/aromatic N) is 2. The number of aromatic amines is 1. The van der Waals surface area contributed by atoms with Crippen molar-refractivity contribution in [3.8, 4) is 11.3 Å². The van der Waals surface area contributed by atoms with Gasteiger partial charge in [0.2, 0.25) is 0 Å². The fourth-order valence-corrected chi connectivity index (χ4v) is 4.35. The molecule has 0 bridgehead atoms. The molecule has 0 aliphatic carbocycles. The van der Waals surface area contributed by atoms with Gasteiger partial charge in [-0.25, -0.2) is 9.78 Å². The Kier molecular flexibility index (Phi) is 5.64. The minimum atomic E-state index is -5.18. The standard InChI is InChI=1S/C23H22F3N5O3/c24-23(25,26)22(33)34-31-10-8-17-16(21(31)32)11-18(29-17)15-5-1-3-13-6-7-19(30-20(13)15)28-14-4-2-9-27-12-14/h1,3,5-7,11,14,27,29H,2,4,8-10,12H2,(H,28,30). The molecule has 0 saturated carbocycles. The van der Waals surface area contributed by atoms with Gasteiger partial charge in [0.15, 0.2) is 0 Å². The number of benzene rings is 1. The number of rotatable bonds is 4. The Balaban J connectivity index is 1.43. The van der Waals surface area contributed by atoms with E-state index in [1.165, 1.54) is 0 Å². The quantitative estimate of drug-likeness (QED) is 0.537. The zero-order valence-electron chi connectivity index (χ0n) is 18.0. The summed E-state index contributed by atoms with van der Waals surface area (Å²) in [6.07, 6.45) is -2.83. The second-order valence-corrected chi connectivity index (χ2v) is 8.37. The van der Waals surface area contributed by atoms with E-state index < -0.39 is 18.1 Å². The molecule has 178 valence electrons. The van der Waals surface area contributed by atoms with E-state index in [2.05, 4.69) is 20.5 Å². The van der Waals surface area contributed by atoms with Crippen LogP contribution in [0.2, 0.25) is 0 Å². The van der Waals surface area contributed by atoms with E-state index in [4.69, 9.17) is 4.98 Å². The van der Waals surface area contributed by atoms with E-state index in [0.29, 0.717) is 16.5 Å². The highest BCUT2D eigenvalue weighted by molar-refractivity contribution is 6.00. The number of carbonyl (C=O) groups excluding carboxylic acids is 2. The van der Waals surface area contributed by atoms with Crippen molar-refractivity contribution >= 4 is 28.6 Å². The number of hydroxylamine groups is 2. The van der Waals surface area contributed by atoms with Crippen LogP contribution in [0, 0.1) is 0 Å². The van der Waals surface area contributed by atoms with E-state index >= 15 is 0 Å². The number of fused-ring (bicyclic) bond motifs is 2. The zero-order chi connectivity index (χ0) is 23.9. The Bertz CT molecular complexity index is 1250. The van der Waals surface area contributed by atoms with Gasteiger partial charge in [0.25, 0.3) is 5.91 Å². The molecule has 4 heterocycles. The van der Waals surface area contributed by atoms with E-state index in [1.54, 1.807) is 6.07 Å². The topological polar surface area (TPSA) is 99.3 Å². The Morgan fingerprint density at radius 1 is 1.21 bits per heavy atom. The first kappa shape index (κ1) is 22.2. The lowest BCUT2D eigenvalue weighted by atomic mass is 10.1. The molecule has 2 aliphatic heterocycles. The van der Waals surface area contributed by atoms with Crippen LogP contribution in [-0.4, -0.2) is 58.8 Å². The number of carbonyl (C=O) groups is 2. The van der Waals surface area contributed by atoms with Gasteiger partial charge in [-0.15, -0.1) is 0 Å². The van der Waals surface area contributed by atoms with Crippen LogP contribution >= 0.6 is 0 Å². The minimum Gasteiger partial charge on any atom is -0.366 e. The fraction of sp³-hybridized carbons (Fsp3) is 0.348. The summed E-state index contributed by atoms with van der Waals surface area (Å²) in [5.74, 6) is -2.49. The number of aromatic nitrogens is 2. The second kappa shape index (κ2) is 8.64. The normalized spacial score (nSPS) is 18.6. The van der Waals surface area contributed by atoms with E-state index in [0.717, 1.165) is 48.2 Å². The Morgan fingerprint density at radius 3 is 2.82 bits per heavy atom. The minimum absolute atomic E-state index is 0.163. The van der Waals surface area contributed by atoms with Crippen molar-refractivity contribution in [2.24, 2.45) is 0 Å². The number of pyridine rings is 1. The molecule has 1 aromatic carbocycles. The number of hydrogen-bond acceptors (Lipinski definition) is 6. The molecule has 3 aromatic rings. The Morgan fingerprint density at radius 2 is 2.06 bits per heavy atom. The van der Waals surface area contributed by atoms with Crippen molar-refractivity contribution in [1.82, 2.24) is 20.3 Å². The lowest BCUT2D eigenvalue weighted by Gasteiger charge is -2.25. The van der Waals surface area contributed by atoms with Gasteiger partial charge in [0.1, 0.15) is 5.82 Å². The molecular weight excluding hydrogens is 451 g/mol. The smallest absolute Gasteiger partial charge is 0.366 e. The lowest BCUT2D eigenvalue weighted by molar-refractivity contribution is -0.228. The van der Waals surface area contributed by atoms with Gasteiger partial charge in [-0.2, -0.15) is 18.2 Å². The van der Waals surface area contributed by atoms with Crippen molar-refractivity contribution in [3.05, 3.63) is 47.7 Å². The van der Waals surface area contributed by atoms with Crippen LogP contribution in [0.3, 0.4) is 0 Å². The average Bonchev–Trinajstić information content (AvgIpc) is 3.25. The summed E-state index contributed by atoms with van der Waals surface area (Å²) in [6.45, 7) is 1.70. The number of H-pyrrole nitrogens is 1. The molecule has 1 unspecified atom stereocenters. The van der Waals surface area contributed by atoms with Crippen LogP contribution in [-0.2, 0) is 16.1 Å². The van der Waals surface area contributed by atoms with Crippen LogP contribution in [0.25, 0.3) is 22.2 Å². The predicted octanol–water partition coefficient (Wildman–Crippen LogP) is 3.41. The second-order valence-electron chi connectivity index (χ2n) is 8.37. The third-order valence-corrected chi connectivity index (χ3v) is 6.01. The number of amides is 1. The molecule has 0 radical (unpaired) electrons. The number of alkyl halides is 3. The molecule has 34 heavy (non-hydrogen) atoms. The highest BCUT2D eigenvalue weighted by atomic mass is 19.4. The van der Waals surface area contributed by atoms with Crippen molar-refractivity contribution in [3.63, 3.8) is 0 Å². The van der Waals surface area contributed by atoms with E-state index in [1.807, 2.05) is 30.3 Å². The SMILES string of the molecule is O=C1c2cc(-c3cccc4ccc(NC5CCCNC5)nc34)[nH]c2CCN1OC(=O)C(F)(F)F. The summed E-state index contributed by atoms with van der Waals surface area (Å²) in [5, 5.41) is 8.18. The number of anilines is 1. The molecule has 1 amide bonds. The maximum absolute atomic E-state index is 12.7. The summed E-state index contributed by atoms with van der Waals surface area (Å²) in [7, 11) is 0. The molecular formula is C23H22F3N5O3. The molecule has 3 N–H and O–H groups in total. The number of hydrogen-bond donors (Lipinski definition) is 3. The van der Waals surface area contributed by atoms with Crippen LogP contribution in [0.4, 0.5) is 19.0 Å². The third kappa shape index (κ3) is 4.30. The highest BCUT2D eigenvalue weighted by Gasteiger charge is 2.44. The van der Waals surface area contributed by atoms with E-state index in [9.17, 15) is 22.8 Å². The van der Waals surface area contributed by atoms with Crippen molar-refractivity contribution in [1.29, 1.82) is 0 Å². The number of piperidine rings is 1. The summed E-state index contributed by atoms with van der Waals surface area (Å²) in [5.41, 5.74) is 2.82. The molecule has 1 fully saturated rings. The van der Waals surface area contributed by atoms with Gasteiger partial charge in [-0.05, 0) is 37.6 Å². The Hall–Kier alpha value is -3.60. The average molecular weight is 473 g/mol. The van der Waals surface area contributed by atoms with E-state index in [-0.39, 0.29) is 24.6 Å². The first-order valence-electron chi connectivity index (χ1n) is 11.0. The van der Waals surface area contributed by atoms with Gasteiger partial charge in [-0.1, -0.05) is 18.2 Å². The fourth-order valence-electron chi connectivity index (χ4n) is 4.35. The summed E-state index contributed by atoms with van der Waals surface area (Å²) in [6, 6.07) is 11.4. The van der Waals surface area contributed by atoms with Crippen LogP contribution in [0.5, 0.6) is 0 Å². The van der Waals surface area contributed by atoms with Crippen molar-refractivity contribution in [2.45, 2.75) is 31.5 Å². The monoisotopic (exact) mass is 473 g/mol. The maximum Gasteiger partial charge on any atom is 0.493 e.